The van der Waals surface area contributed by atoms with Gasteiger partial charge in [0.15, 0.2) is 6.61 Å². The third-order valence-corrected chi connectivity index (χ3v) is 4.88. The minimum atomic E-state index is -0.838. The molecule has 1 N–H and O–H groups in total. The van der Waals surface area contributed by atoms with Gasteiger partial charge < -0.3 is 14.7 Å². The van der Waals surface area contributed by atoms with Crippen molar-refractivity contribution >= 4 is 11.9 Å². The highest BCUT2D eigenvalue weighted by molar-refractivity contribution is 5.81. The number of carbonyl (C=O) groups is 2. The number of carboxylic acids is 1. The zero-order chi connectivity index (χ0) is 17.2. The van der Waals surface area contributed by atoms with Crippen LogP contribution in [0, 0.1) is 25.2 Å². The van der Waals surface area contributed by atoms with Crippen molar-refractivity contribution in [3.8, 4) is 5.75 Å². The molecule has 1 unspecified atom stereocenters. The van der Waals surface area contributed by atoms with Gasteiger partial charge >= 0.3 is 5.97 Å². The Labute approximate surface area is 137 Å². The third kappa shape index (κ3) is 3.49. The van der Waals surface area contributed by atoms with Gasteiger partial charge in [0.25, 0.3) is 5.91 Å². The maximum atomic E-state index is 12.4. The lowest BCUT2D eigenvalue weighted by Gasteiger charge is -2.28. The number of rotatable bonds is 5. The number of carbonyl (C=O) groups excluding carboxylic acids is 1. The summed E-state index contributed by atoms with van der Waals surface area (Å²) in [7, 11) is 0. The fraction of sp³-hybridized carbons (Fsp3) is 0.556. The minimum absolute atomic E-state index is 0.0160. The lowest BCUT2D eigenvalue weighted by Crippen LogP contribution is -2.41. The first-order chi connectivity index (χ1) is 10.8. The number of hydrogen-bond acceptors (Lipinski definition) is 3. The lowest BCUT2D eigenvalue weighted by atomic mass is 9.76. The van der Waals surface area contributed by atoms with E-state index in [0.717, 1.165) is 11.1 Å². The zero-order valence-electron chi connectivity index (χ0n) is 14.3. The molecular weight excluding hydrogens is 294 g/mol. The summed E-state index contributed by atoms with van der Waals surface area (Å²) in [5, 5.41) is 9.54. The Hall–Kier alpha value is -2.04. The van der Waals surface area contributed by atoms with Crippen LogP contribution in [0.3, 0.4) is 0 Å². The molecule has 1 fully saturated rings. The smallest absolute Gasteiger partial charge is 0.311 e. The van der Waals surface area contributed by atoms with E-state index in [2.05, 4.69) is 0 Å². The normalized spacial score (nSPS) is 20.8. The van der Waals surface area contributed by atoms with Crippen LogP contribution in [0.1, 0.15) is 31.4 Å². The number of benzene rings is 1. The van der Waals surface area contributed by atoms with Crippen molar-refractivity contribution in [1.29, 1.82) is 0 Å². The van der Waals surface area contributed by atoms with Crippen LogP contribution in [0.4, 0.5) is 0 Å². The van der Waals surface area contributed by atoms with E-state index in [1.165, 1.54) is 0 Å². The third-order valence-electron chi connectivity index (χ3n) is 4.88. The molecule has 0 radical (unpaired) electrons. The van der Waals surface area contributed by atoms with Crippen LogP contribution in [0.15, 0.2) is 18.2 Å². The van der Waals surface area contributed by atoms with E-state index in [1.807, 2.05) is 45.9 Å². The Bertz CT molecular complexity index is 611. The van der Waals surface area contributed by atoms with Crippen molar-refractivity contribution in [1.82, 2.24) is 4.90 Å². The van der Waals surface area contributed by atoms with Gasteiger partial charge in [-0.2, -0.15) is 0 Å². The molecule has 0 bridgehead atoms. The van der Waals surface area contributed by atoms with Crippen molar-refractivity contribution in [2.24, 2.45) is 11.3 Å². The zero-order valence-corrected chi connectivity index (χ0v) is 14.3. The van der Waals surface area contributed by atoms with Gasteiger partial charge in [-0.25, -0.2) is 0 Å². The van der Waals surface area contributed by atoms with E-state index in [9.17, 15) is 14.7 Å². The fourth-order valence-electron chi connectivity index (χ4n) is 3.03. The molecule has 1 saturated heterocycles. The van der Waals surface area contributed by atoms with Crippen LogP contribution in [0.5, 0.6) is 5.75 Å². The summed E-state index contributed by atoms with van der Waals surface area (Å²) in [4.78, 5) is 25.6. The van der Waals surface area contributed by atoms with Gasteiger partial charge in [-0.15, -0.1) is 0 Å². The second-order valence-electron chi connectivity index (χ2n) is 6.74. The Balaban J connectivity index is 2.00. The van der Waals surface area contributed by atoms with E-state index >= 15 is 0 Å². The second kappa shape index (κ2) is 6.60. The largest absolute Gasteiger partial charge is 0.483 e. The van der Waals surface area contributed by atoms with Crippen molar-refractivity contribution in [2.45, 2.75) is 34.1 Å². The van der Waals surface area contributed by atoms with Crippen molar-refractivity contribution in [2.75, 3.05) is 19.7 Å². The summed E-state index contributed by atoms with van der Waals surface area (Å²) in [6.45, 7) is 8.37. The first-order valence-corrected chi connectivity index (χ1v) is 7.97. The van der Waals surface area contributed by atoms with Crippen LogP contribution < -0.4 is 4.74 Å². The van der Waals surface area contributed by atoms with E-state index in [-0.39, 0.29) is 25.0 Å². The Kier molecular flexibility index (Phi) is 4.97. The average molecular weight is 319 g/mol. The van der Waals surface area contributed by atoms with E-state index in [4.69, 9.17) is 4.74 Å². The molecule has 0 aliphatic carbocycles. The molecule has 5 nitrogen and oxygen atoms in total. The quantitative estimate of drug-likeness (QED) is 0.906. The van der Waals surface area contributed by atoms with Gasteiger partial charge in [0, 0.05) is 13.1 Å². The van der Waals surface area contributed by atoms with Crippen molar-refractivity contribution < 1.29 is 19.4 Å². The Morgan fingerprint density at radius 2 is 2.04 bits per heavy atom. The summed E-state index contributed by atoms with van der Waals surface area (Å²) < 4.78 is 5.64. The highest BCUT2D eigenvalue weighted by atomic mass is 16.5. The molecule has 1 aliphatic heterocycles. The standard InChI is InChI=1S/C18H25NO4/c1-12(2)18(17(21)22)7-8-19(11-18)16(20)10-23-15-9-13(3)5-6-14(15)4/h5-6,9,12H,7-8,10-11H2,1-4H3,(H,21,22). The summed E-state index contributed by atoms with van der Waals surface area (Å²) in [6.07, 6.45) is 0.495. The number of likely N-dealkylation sites (tertiary alicyclic amines) is 1. The summed E-state index contributed by atoms with van der Waals surface area (Å²) in [5.41, 5.74) is 1.21. The molecule has 2 rings (SSSR count). The number of aryl methyl sites for hydroxylation is 2. The molecule has 1 aliphatic rings. The number of carboxylic acid groups (broad SMARTS) is 1. The van der Waals surface area contributed by atoms with Gasteiger partial charge in [-0.05, 0) is 43.4 Å². The Morgan fingerprint density at radius 3 is 2.61 bits per heavy atom. The molecule has 1 heterocycles. The van der Waals surface area contributed by atoms with E-state index in [1.54, 1.807) is 4.90 Å². The van der Waals surface area contributed by atoms with E-state index in [0.29, 0.717) is 18.7 Å². The first-order valence-electron chi connectivity index (χ1n) is 7.97. The topological polar surface area (TPSA) is 66.8 Å². The average Bonchev–Trinajstić information content (AvgIpc) is 2.94. The number of aliphatic carboxylic acids is 1. The molecule has 5 heteroatoms. The summed E-state index contributed by atoms with van der Waals surface area (Å²) in [6, 6.07) is 5.86. The molecule has 1 aromatic rings. The second-order valence-corrected chi connectivity index (χ2v) is 6.74. The van der Waals surface area contributed by atoms with E-state index < -0.39 is 11.4 Å². The molecule has 1 aromatic carbocycles. The number of nitrogens with zero attached hydrogens (tertiary/aromatic N) is 1. The molecule has 1 amide bonds. The minimum Gasteiger partial charge on any atom is -0.483 e. The summed E-state index contributed by atoms with van der Waals surface area (Å²) >= 11 is 0. The maximum Gasteiger partial charge on any atom is 0.311 e. The number of ether oxygens (including phenoxy) is 1. The molecule has 0 spiro atoms. The Morgan fingerprint density at radius 1 is 1.35 bits per heavy atom. The highest BCUT2D eigenvalue weighted by Gasteiger charge is 2.48. The lowest BCUT2D eigenvalue weighted by molar-refractivity contribution is -0.151. The SMILES string of the molecule is Cc1ccc(C)c(OCC(=O)N2CCC(C(=O)O)(C(C)C)C2)c1. The van der Waals surface area contributed by atoms with Crippen LogP contribution in [-0.4, -0.2) is 41.6 Å². The molecule has 23 heavy (non-hydrogen) atoms. The monoisotopic (exact) mass is 319 g/mol. The molecule has 126 valence electrons. The fourth-order valence-corrected chi connectivity index (χ4v) is 3.03. The molecule has 1 atom stereocenters. The van der Waals surface area contributed by atoms with Gasteiger partial charge in [-0.3, -0.25) is 9.59 Å². The molecular formula is C18H25NO4. The molecule has 0 aromatic heterocycles. The summed E-state index contributed by atoms with van der Waals surface area (Å²) in [5.74, 6) is -0.295. The predicted octanol–water partition coefficient (Wildman–Crippen LogP) is 2.64. The van der Waals surface area contributed by atoms with Crippen molar-refractivity contribution in [3.63, 3.8) is 0 Å². The van der Waals surface area contributed by atoms with Crippen LogP contribution in [0.2, 0.25) is 0 Å². The molecule has 0 saturated carbocycles. The predicted molar refractivity (Wildman–Crippen MR) is 87.5 cm³/mol. The first kappa shape index (κ1) is 17.3. The maximum absolute atomic E-state index is 12.4. The van der Waals surface area contributed by atoms with Crippen LogP contribution >= 0.6 is 0 Å². The van der Waals surface area contributed by atoms with Gasteiger partial charge in [0.2, 0.25) is 0 Å². The highest BCUT2D eigenvalue weighted by Crippen LogP contribution is 2.38. The van der Waals surface area contributed by atoms with Crippen molar-refractivity contribution in [3.05, 3.63) is 29.3 Å². The van der Waals surface area contributed by atoms with Gasteiger partial charge in [0.05, 0.1) is 5.41 Å². The van der Waals surface area contributed by atoms with Gasteiger partial charge in [-0.1, -0.05) is 26.0 Å². The van der Waals surface area contributed by atoms with Gasteiger partial charge in [0.1, 0.15) is 5.75 Å². The number of hydrogen-bond donors (Lipinski definition) is 1. The van der Waals surface area contributed by atoms with Crippen LogP contribution in [-0.2, 0) is 9.59 Å². The number of amides is 1. The van der Waals surface area contributed by atoms with Crippen LogP contribution in [0.25, 0.3) is 0 Å².